The highest BCUT2D eigenvalue weighted by atomic mass is 16.3. The lowest BCUT2D eigenvalue weighted by molar-refractivity contribution is 0.447. The fourth-order valence-electron chi connectivity index (χ4n) is 1.63. The average Bonchev–Trinajstić information content (AvgIpc) is 2.91. The monoisotopic (exact) mass is 193 g/mol. The van der Waals surface area contributed by atoms with Crippen molar-refractivity contribution in [2.75, 3.05) is 6.54 Å². The summed E-state index contributed by atoms with van der Waals surface area (Å²) in [7, 11) is 0. The van der Waals surface area contributed by atoms with Crippen LogP contribution in [0, 0.1) is 5.92 Å². The van der Waals surface area contributed by atoms with Gasteiger partial charge in [0.15, 0.2) is 0 Å². The van der Waals surface area contributed by atoms with E-state index in [0.717, 1.165) is 36.9 Å². The molecule has 0 aromatic carbocycles. The molecule has 1 N–H and O–H groups in total. The predicted molar refractivity (Wildman–Crippen MR) is 57.1 cm³/mol. The molecule has 0 bridgehead atoms. The Bertz CT molecular complexity index is 276. The molecule has 0 saturated heterocycles. The Hall–Kier alpha value is -0.760. The smallest absolute Gasteiger partial charge is 0.117 e. The van der Waals surface area contributed by atoms with Crippen molar-refractivity contribution in [1.29, 1.82) is 0 Å². The van der Waals surface area contributed by atoms with Gasteiger partial charge in [-0.15, -0.1) is 0 Å². The molecule has 2 nitrogen and oxygen atoms in total. The van der Waals surface area contributed by atoms with Gasteiger partial charge in [-0.05, 0) is 31.0 Å². The third kappa shape index (κ3) is 2.88. The van der Waals surface area contributed by atoms with Crippen LogP contribution in [0.15, 0.2) is 16.5 Å². The molecular weight excluding hydrogens is 174 g/mol. The molecule has 1 saturated carbocycles. The zero-order valence-electron chi connectivity index (χ0n) is 8.88. The van der Waals surface area contributed by atoms with Crippen molar-refractivity contribution in [2.45, 2.75) is 39.2 Å². The number of aryl methyl sites for hydroxylation is 1. The Balaban J connectivity index is 1.63. The number of rotatable bonds is 6. The maximum atomic E-state index is 5.59. The van der Waals surface area contributed by atoms with Crippen molar-refractivity contribution in [3.8, 4) is 0 Å². The lowest BCUT2D eigenvalue weighted by Crippen LogP contribution is -2.14. The lowest BCUT2D eigenvalue weighted by atomic mass is 10.3. The van der Waals surface area contributed by atoms with Crippen LogP contribution in [-0.4, -0.2) is 6.54 Å². The van der Waals surface area contributed by atoms with Crippen LogP contribution in [0.25, 0.3) is 0 Å². The fourth-order valence-corrected chi connectivity index (χ4v) is 1.63. The van der Waals surface area contributed by atoms with Crippen LogP contribution in [0.4, 0.5) is 0 Å². The molecule has 14 heavy (non-hydrogen) atoms. The van der Waals surface area contributed by atoms with Crippen molar-refractivity contribution in [1.82, 2.24) is 5.32 Å². The molecule has 0 unspecified atom stereocenters. The largest absolute Gasteiger partial charge is 0.465 e. The van der Waals surface area contributed by atoms with Crippen LogP contribution < -0.4 is 5.32 Å². The van der Waals surface area contributed by atoms with E-state index in [4.69, 9.17) is 4.42 Å². The van der Waals surface area contributed by atoms with Crippen molar-refractivity contribution >= 4 is 0 Å². The SMILES string of the molecule is CCc1ccc(CNCCC2CC2)o1. The van der Waals surface area contributed by atoms with E-state index >= 15 is 0 Å². The van der Waals surface area contributed by atoms with Crippen LogP contribution in [0.2, 0.25) is 0 Å². The third-order valence-electron chi connectivity index (χ3n) is 2.79. The number of nitrogens with one attached hydrogen (secondary N) is 1. The van der Waals surface area contributed by atoms with Gasteiger partial charge in [-0.2, -0.15) is 0 Å². The maximum absolute atomic E-state index is 5.59. The number of furan rings is 1. The van der Waals surface area contributed by atoms with Gasteiger partial charge in [-0.1, -0.05) is 19.8 Å². The van der Waals surface area contributed by atoms with E-state index in [0.29, 0.717) is 0 Å². The molecule has 1 fully saturated rings. The first-order valence-electron chi connectivity index (χ1n) is 5.66. The summed E-state index contributed by atoms with van der Waals surface area (Å²) in [5.41, 5.74) is 0. The van der Waals surface area contributed by atoms with E-state index in [1.807, 2.05) is 0 Å². The summed E-state index contributed by atoms with van der Waals surface area (Å²) in [6, 6.07) is 4.14. The first-order chi connectivity index (χ1) is 6.88. The fraction of sp³-hybridized carbons (Fsp3) is 0.667. The van der Waals surface area contributed by atoms with Gasteiger partial charge >= 0.3 is 0 Å². The number of hydrogen-bond donors (Lipinski definition) is 1. The Kier molecular flexibility index (Phi) is 3.25. The standard InChI is InChI=1S/C12H19NO/c1-2-11-5-6-12(14-11)9-13-8-7-10-3-4-10/h5-6,10,13H,2-4,7-9H2,1H3. The second-order valence-corrected chi connectivity index (χ2v) is 4.13. The summed E-state index contributed by atoms with van der Waals surface area (Å²) >= 11 is 0. The summed E-state index contributed by atoms with van der Waals surface area (Å²) in [6.07, 6.45) is 5.22. The molecule has 0 amide bonds. The van der Waals surface area contributed by atoms with E-state index in [1.54, 1.807) is 0 Å². The molecule has 1 aromatic heterocycles. The van der Waals surface area contributed by atoms with Crippen molar-refractivity contribution in [3.05, 3.63) is 23.7 Å². The van der Waals surface area contributed by atoms with Crippen LogP contribution >= 0.6 is 0 Å². The highest BCUT2D eigenvalue weighted by Gasteiger charge is 2.19. The summed E-state index contributed by atoms with van der Waals surface area (Å²) < 4.78 is 5.59. The molecule has 1 heterocycles. The third-order valence-corrected chi connectivity index (χ3v) is 2.79. The zero-order chi connectivity index (χ0) is 9.80. The summed E-state index contributed by atoms with van der Waals surface area (Å²) in [5, 5.41) is 3.42. The van der Waals surface area contributed by atoms with Gasteiger partial charge in [-0.25, -0.2) is 0 Å². The van der Waals surface area contributed by atoms with Gasteiger partial charge < -0.3 is 9.73 Å². The van der Waals surface area contributed by atoms with Gasteiger partial charge in [0.1, 0.15) is 11.5 Å². The number of hydrogen-bond acceptors (Lipinski definition) is 2. The van der Waals surface area contributed by atoms with E-state index in [-0.39, 0.29) is 0 Å². The first kappa shape index (κ1) is 9.78. The lowest BCUT2D eigenvalue weighted by Gasteiger charge is -2.00. The maximum Gasteiger partial charge on any atom is 0.117 e. The van der Waals surface area contributed by atoms with E-state index in [2.05, 4.69) is 24.4 Å². The molecular formula is C12H19NO. The zero-order valence-corrected chi connectivity index (χ0v) is 8.88. The Morgan fingerprint density at radius 1 is 1.36 bits per heavy atom. The molecule has 0 spiro atoms. The topological polar surface area (TPSA) is 25.2 Å². The van der Waals surface area contributed by atoms with Crippen LogP contribution in [0.5, 0.6) is 0 Å². The summed E-state index contributed by atoms with van der Waals surface area (Å²) in [5.74, 6) is 3.17. The van der Waals surface area contributed by atoms with E-state index in [9.17, 15) is 0 Å². The Morgan fingerprint density at radius 2 is 2.14 bits per heavy atom. The molecule has 0 atom stereocenters. The van der Waals surface area contributed by atoms with E-state index in [1.165, 1.54) is 19.3 Å². The Labute approximate surface area is 85.7 Å². The van der Waals surface area contributed by atoms with Crippen LogP contribution in [-0.2, 0) is 13.0 Å². The van der Waals surface area contributed by atoms with Crippen LogP contribution in [0.3, 0.4) is 0 Å². The van der Waals surface area contributed by atoms with Crippen molar-refractivity contribution in [3.63, 3.8) is 0 Å². The molecule has 78 valence electrons. The molecule has 1 aliphatic rings. The van der Waals surface area contributed by atoms with Gasteiger partial charge in [0, 0.05) is 6.42 Å². The molecule has 1 aromatic rings. The quantitative estimate of drug-likeness (QED) is 0.703. The molecule has 0 aliphatic heterocycles. The van der Waals surface area contributed by atoms with Crippen LogP contribution in [0.1, 0.15) is 37.7 Å². The van der Waals surface area contributed by atoms with Gasteiger partial charge in [0.2, 0.25) is 0 Å². The molecule has 2 heteroatoms. The normalized spacial score (nSPS) is 16.1. The highest BCUT2D eigenvalue weighted by Crippen LogP contribution is 2.31. The minimum absolute atomic E-state index is 0.882. The second kappa shape index (κ2) is 4.65. The second-order valence-electron chi connectivity index (χ2n) is 4.13. The van der Waals surface area contributed by atoms with Gasteiger partial charge in [0.05, 0.1) is 6.54 Å². The summed E-state index contributed by atoms with van der Waals surface area (Å²) in [4.78, 5) is 0. The summed E-state index contributed by atoms with van der Waals surface area (Å²) in [6.45, 7) is 4.13. The van der Waals surface area contributed by atoms with Crippen molar-refractivity contribution < 1.29 is 4.42 Å². The average molecular weight is 193 g/mol. The van der Waals surface area contributed by atoms with Crippen molar-refractivity contribution in [2.24, 2.45) is 5.92 Å². The first-order valence-corrected chi connectivity index (χ1v) is 5.66. The minimum atomic E-state index is 0.882. The van der Waals surface area contributed by atoms with E-state index < -0.39 is 0 Å². The predicted octanol–water partition coefficient (Wildman–Crippen LogP) is 2.73. The van der Waals surface area contributed by atoms with Gasteiger partial charge in [-0.3, -0.25) is 0 Å². The molecule has 1 aliphatic carbocycles. The van der Waals surface area contributed by atoms with Gasteiger partial charge in [0.25, 0.3) is 0 Å². The Morgan fingerprint density at radius 3 is 2.79 bits per heavy atom. The molecule has 0 radical (unpaired) electrons. The highest BCUT2D eigenvalue weighted by molar-refractivity contribution is 5.06. The minimum Gasteiger partial charge on any atom is -0.465 e. The molecule has 2 rings (SSSR count).